The van der Waals surface area contributed by atoms with E-state index in [0.29, 0.717) is 56.0 Å². The molecule has 2 heterocycles. The van der Waals surface area contributed by atoms with Crippen LogP contribution in [-0.2, 0) is 9.53 Å². The number of carbonyl (C=O) groups is 2. The van der Waals surface area contributed by atoms with E-state index in [1.165, 1.54) is 19.3 Å². The van der Waals surface area contributed by atoms with E-state index >= 15 is 0 Å². The second-order valence-corrected chi connectivity index (χ2v) is 8.82. The number of ether oxygens (including phenoxy) is 2. The second-order valence-electron chi connectivity index (χ2n) is 8.82. The number of hydrogen-bond donors (Lipinski definition) is 0. The van der Waals surface area contributed by atoms with Gasteiger partial charge in [0, 0.05) is 32.1 Å². The summed E-state index contributed by atoms with van der Waals surface area (Å²) in [7, 11) is 0. The highest BCUT2D eigenvalue weighted by Gasteiger charge is 2.29. The van der Waals surface area contributed by atoms with Crippen molar-refractivity contribution in [1.82, 2.24) is 9.80 Å². The first-order chi connectivity index (χ1) is 14.7. The lowest BCUT2D eigenvalue weighted by Gasteiger charge is -2.35. The van der Waals surface area contributed by atoms with Gasteiger partial charge in [-0.3, -0.25) is 9.59 Å². The van der Waals surface area contributed by atoms with Crippen LogP contribution in [0.4, 0.5) is 0 Å². The van der Waals surface area contributed by atoms with E-state index in [1.807, 2.05) is 29.2 Å². The number of para-hydroxylation sites is 1. The fraction of sp³-hybridized carbons (Fsp3) is 0.667. The van der Waals surface area contributed by atoms with Crippen LogP contribution in [0, 0.1) is 11.8 Å². The Bertz CT molecular complexity index is 718. The molecule has 164 valence electrons. The van der Waals surface area contributed by atoms with Crippen molar-refractivity contribution < 1.29 is 19.1 Å². The zero-order valence-electron chi connectivity index (χ0n) is 17.9. The highest BCUT2D eigenvalue weighted by atomic mass is 16.5. The average molecular weight is 415 g/mol. The van der Waals surface area contributed by atoms with Gasteiger partial charge in [0.2, 0.25) is 5.91 Å². The summed E-state index contributed by atoms with van der Waals surface area (Å²) in [6, 6.07) is 7.53. The number of benzene rings is 1. The Morgan fingerprint density at radius 3 is 2.33 bits per heavy atom. The summed E-state index contributed by atoms with van der Waals surface area (Å²) in [4.78, 5) is 29.5. The summed E-state index contributed by atoms with van der Waals surface area (Å²) >= 11 is 0. The van der Waals surface area contributed by atoms with E-state index in [2.05, 4.69) is 4.90 Å². The van der Waals surface area contributed by atoms with Crippen molar-refractivity contribution in [3.05, 3.63) is 29.8 Å². The van der Waals surface area contributed by atoms with Gasteiger partial charge in [0.25, 0.3) is 5.91 Å². The van der Waals surface area contributed by atoms with Crippen LogP contribution in [0.1, 0.15) is 55.3 Å². The molecule has 1 saturated carbocycles. The molecule has 0 unspecified atom stereocenters. The van der Waals surface area contributed by atoms with Crippen molar-refractivity contribution in [2.75, 3.05) is 46.0 Å². The van der Waals surface area contributed by atoms with Crippen molar-refractivity contribution in [3.8, 4) is 5.75 Å². The first kappa shape index (κ1) is 21.2. The summed E-state index contributed by atoms with van der Waals surface area (Å²) in [5.74, 6) is 1.73. The van der Waals surface area contributed by atoms with E-state index in [9.17, 15) is 9.59 Å². The molecule has 4 rings (SSSR count). The SMILES string of the molecule is O=C(c1ccccc1OCC1CCN(C(=O)C2CCCCC2)CC1)N1CCOCC1. The largest absolute Gasteiger partial charge is 0.492 e. The van der Waals surface area contributed by atoms with Gasteiger partial charge in [-0.15, -0.1) is 0 Å². The molecule has 6 heteroatoms. The summed E-state index contributed by atoms with van der Waals surface area (Å²) in [6.07, 6.45) is 7.74. The van der Waals surface area contributed by atoms with Gasteiger partial charge < -0.3 is 19.3 Å². The van der Waals surface area contributed by atoms with Crippen LogP contribution in [0.3, 0.4) is 0 Å². The predicted octanol–water partition coefficient (Wildman–Crippen LogP) is 3.36. The maximum absolute atomic E-state index is 12.9. The van der Waals surface area contributed by atoms with Gasteiger partial charge in [-0.2, -0.15) is 0 Å². The van der Waals surface area contributed by atoms with Crippen LogP contribution >= 0.6 is 0 Å². The first-order valence-corrected chi connectivity index (χ1v) is 11.6. The molecular weight excluding hydrogens is 380 g/mol. The van der Waals surface area contributed by atoms with Gasteiger partial charge in [0.15, 0.2) is 0 Å². The standard InChI is InChI=1S/C24H34N2O4/c27-23(20-6-2-1-3-7-20)25-12-10-19(11-13-25)18-30-22-9-5-4-8-21(22)24(28)26-14-16-29-17-15-26/h4-5,8-9,19-20H,1-3,6-7,10-18H2. The zero-order valence-corrected chi connectivity index (χ0v) is 17.9. The molecule has 2 amide bonds. The van der Waals surface area contributed by atoms with Gasteiger partial charge in [0.1, 0.15) is 5.75 Å². The molecule has 1 aromatic carbocycles. The zero-order chi connectivity index (χ0) is 20.8. The Hall–Kier alpha value is -2.08. The number of carbonyl (C=O) groups excluding carboxylic acids is 2. The molecular formula is C24H34N2O4. The van der Waals surface area contributed by atoms with E-state index in [-0.39, 0.29) is 11.8 Å². The topological polar surface area (TPSA) is 59.1 Å². The first-order valence-electron chi connectivity index (χ1n) is 11.6. The number of rotatable bonds is 5. The Morgan fingerprint density at radius 1 is 0.900 bits per heavy atom. The van der Waals surface area contributed by atoms with Crippen molar-refractivity contribution in [2.45, 2.75) is 44.9 Å². The number of piperidine rings is 1. The van der Waals surface area contributed by atoms with Crippen LogP contribution < -0.4 is 4.74 Å². The van der Waals surface area contributed by atoms with E-state index < -0.39 is 0 Å². The summed E-state index contributed by atoms with van der Waals surface area (Å²) in [5, 5.41) is 0. The van der Waals surface area contributed by atoms with Crippen LogP contribution in [0.25, 0.3) is 0 Å². The molecule has 0 radical (unpaired) electrons. The molecule has 6 nitrogen and oxygen atoms in total. The number of amides is 2. The quantitative estimate of drug-likeness (QED) is 0.741. The lowest BCUT2D eigenvalue weighted by atomic mass is 9.87. The normalized spacial score (nSPS) is 21.5. The lowest BCUT2D eigenvalue weighted by molar-refractivity contribution is -0.138. The van der Waals surface area contributed by atoms with Gasteiger partial charge in [-0.1, -0.05) is 31.4 Å². The Morgan fingerprint density at radius 2 is 1.60 bits per heavy atom. The molecule has 2 aliphatic heterocycles. The molecule has 3 aliphatic rings. The number of likely N-dealkylation sites (tertiary alicyclic amines) is 1. The Kier molecular flexibility index (Phi) is 7.26. The third-order valence-corrected chi connectivity index (χ3v) is 6.77. The van der Waals surface area contributed by atoms with Crippen molar-refractivity contribution in [1.29, 1.82) is 0 Å². The molecule has 0 aromatic heterocycles. The van der Waals surface area contributed by atoms with Crippen LogP contribution in [-0.4, -0.2) is 67.6 Å². The summed E-state index contributed by atoms with van der Waals surface area (Å²) in [5.41, 5.74) is 0.629. The summed E-state index contributed by atoms with van der Waals surface area (Å²) in [6.45, 7) is 4.69. The van der Waals surface area contributed by atoms with Crippen LogP contribution in [0.2, 0.25) is 0 Å². The third kappa shape index (κ3) is 5.15. The minimum absolute atomic E-state index is 0.0156. The lowest BCUT2D eigenvalue weighted by Crippen LogP contribution is -2.43. The van der Waals surface area contributed by atoms with Crippen molar-refractivity contribution >= 4 is 11.8 Å². The fourth-order valence-corrected chi connectivity index (χ4v) is 4.84. The van der Waals surface area contributed by atoms with Gasteiger partial charge in [-0.25, -0.2) is 0 Å². The second kappa shape index (κ2) is 10.3. The highest BCUT2D eigenvalue weighted by molar-refractivity contribution is 5.97. The number of nitrogens with zero attached hydrogens (tertiary/aromatic N) is 2. The maximum Gasteiger partial charge on any atom is 0.257 e. The third-order valence-electron chi connectivity index (χ3n) is 6.77. The van der Waals surface area contributed by atoms with E-state index in [0.717, 1.165) is 38.8 Å². The van der Waals surface area contributed by atoms with Crippen molar-refractivity contribution in [2.24, 2.45) is 11.8 Å². The Labute approximate surface area is 179 Å². The van der Waals surface area contributed by atoms with Gasteiger partial charge in [0.05, 0.1) is 25.4 Å². The molecule has 2 saturated heterocycles. The van der Waals surface area contributed by atoms with E-state index in [1.54, 1.807) is 0 Å². The number of morpholine rings is 1. The smallest absolute Gasteiger partial charge is 0.257 e. The molecule has 30 heavy (non-hydrogen) atoms. The molecule has 1 aliphatic carbocycles. The molecule has 0 bridgehead atoms. The minimum atomic E-state index is 0.0156. The molecule has 3 fully saturated rings. The van der Waals surface area contributed by atoms with Gasteiger partial charge >= 0.3 is 0 Å². The number of hydrogen-bond acceptors (Lipinski definition) is 4. The van der Waals surface area contributed by atoms with E-state index in [4.69, 9.17) is 9.47 Å². The predicted molar refractivity (Wildman–Crippen MR) is 115 cm³/mol. The minimum Gasteiger partial charge on any atom is -0.492 e. The van der Waals surface area contributed by atoms with Gasteiger partial charge in [-0.05, 0) is 43.7 Å². The molecule has 1 aromatic rings. The fourth-order valence-electron chi connectivity index (χ4n) is 4.84. The summed E-state index contributed by atoms with van der Waals surface area (Å²) < 4.78 is 11.5. The molecule has 0 N–H and O–H groups in total. The molecule has 0 spiro atoms. The molecule has 0 atom stereocenters. The Balaban J connectivity index is 1.27. The van der Waals surface area contributed by atoms with Crippen molar-refractivity contribution in [3.63, 3.8) is 0 Å². The highest BCUT2D eigenvalue weighted by Crippen LogP contribution is 2.28. The van der Waals surface area contributed by atoms with Crippen LogP contribution in [0.15, 0.2) is 24.3 Å². The average Bonchev–Trinajstić information content (AvgIpc) is 2.83. The maximum atomic E-state index is 12.9. The van der Waals surface area contributed by atoms with Crippen LogP contribution in [0.5, 0.6) is 5.75 Å². The monoisotopic (exact) mass is 414 g/mol.